The van der Waals surface area contributed by atoms with Crippen LogP contribution >= 0.6 is 15.9 Å². The van der Waals surface area contributed by atoms with Gasteiger partial charge in [0.25, 0.3) is 5.91 Å². The Bertz CT molecular complexity index is 744. The van der Waals surface area contributed by atoms with Crippen molar-refractivity contribution in [2.24, 2.45) is 17.6 Å². The van der Waals surface area contributed by atoms with E-state index in [-0.39, 0.29) is 11.9 Å². The number of halogens is 1. The highest BCUT2D eigenvalue weighted by atomic mass is 79.9. The van der Waals surface area contributed by atoms with Gasteiger partial charge in [-0.3, -0.25) is 4.79 Å². The van der Waals surface area contributed by atoms with E-state index in [0.717, 1.165) is 36.1 Å². The minimum Gasteiger partial charge on any atom is -0.338 e. The summed E-state index contributed by atoms with van der Waals surface area (Å²) in [7, 11) is 0. The van der Waals surface area contributed by atoms with E-state index in [9.17, 15) is 4.79 Å². The van der Waals surface area contributed by atoms with Crippen molar-refractivity contribution in [3.05, 3.63) is 46.7 Å². The number of hydrogen-bond donors (Lipinski definition) is 1. The molecule has 2 N–H and O–H groups in total. The van der Waals surface area contributed by atoms with Crippen molar-refractivity contribution < 1.29 is 4.79 Å². The van der Waals surface area contributed by atoms with Gasteiger partial charge in [0.2, 0.25) is 0 Å². The van der Waals surface area contributed by atoms with Crippen LogP contribution in [0.5, 0.6) is 0 Å². The zero-order valence-corrected chi connectivity index (χ0v) is 14.3. The van der Waals surface area contributed by atoms with Gasteiger partial charge in [0.15, 0.2) is 0 Å². The summed E-state index contributed by atoms with van der Waals surface area (Å²) in [6, 6.07) is 8.10. The minimum absolute atomic E-state index is 0.0628. The Morgan fingerprint density at radius 1 is 1.30 bits per heavy atom. The third-order valence-electron chi connectivity index (χ3n) is 5.10. The number of aromatic nitrogens is 2. The summed E-state index contributed by atoms with van der Waals surface area (Å²) in [4.78, 5) is 14.7. The van der Waals surface area contributed by atoms with Gasteiger partial charge >= 0.3 is 0 Å². The van der Waals surface area contributed by atoms with Crippen LogP contribution in [-0.2, 0) is 0 Å². The summed E-state index contributed by atoms with van der Waals surface area (Å²) in [6.07, 6.45) is 5.69. The molecule has 1 aromatic heterocycles. The van der Waals surface area contributed by atoms with Crippen LogP contribution in [-0.4, -0.2) is 39.7 Å². The molecular formula is C17H19BrN4O. The van der Waals surface area contributed by atoms with Gasteiger partial charge in [-0.15, -0.1) is 0 Å². The molecule has 3 unspecified atom stereocenters. The smallest absolute Gasteiger partial charge is 0.257 e. The molecule has 1 aliphatic carbocycles. The molecule has 1 saturated carbocycles. The second-order valence-electron chi connectivity index (χ2n) is 6.53. The summed E-state index contributed by atoms with van der Waals surface area (Å²) in [5, 5.41) is 4.33. The lowest BCUT2D eigenvalue weighted by molar-refractivity contribution is 0.0779. The third-order valence-corrected chi connectivity index (χ3v) is 5.60. The Labute approximate surface area is 143 Å². The van der Waals surface area contributed by atoms with Crippen LogP contribution in [0.3, 0.4) is 0 Å². The lowest BCUT2D eigenvalue weighted by Gasteiger charge is -2.17. The molecule has 0 spiro atoms. The first-order chi connectivity index (χ1) is 11.1. The summed E-state index contributed by atoms with van der Waals surface area (Å²) >= 11 is 3.45. The molecule has 4 rings (SSSR count). The number of carbonyl (C=O) groups excluding carboxylic acids is 1. The average Bonchev–Trinajstić information content (AvgIpc) is 3.24. The fraction of sp³-hybridized carbons (Fsp3) is 0.412. The van der Waals surface area contributed by atoms with E-state index in [2.05, 4.69) is 21.0 Å². The van der Waals surface area contributed by atoms with Crippen LogP contribution in [0.15, 0.2) is 41.1 Å². The van der Waals surface area contributed by atoms with E-state index in [1.165, 1.54) is 0 Å². The fourth-order valence-electron chi connectivity index (χ4n) is 3.85. The van der Waals surface area contributed by atoms with Crippen molar-refractivity contribution in [1.29, 1.82) is 0 Å². The number of benzene rings is 1. The van der Waals surface area contributed by atoms with Gasteiger partial charge in [-0.1, -0.05) is 22.0 Å². The standard InChI is InChI=1S/C17H19BrN4O/c18-13-2-1-3-14(6-13)22-9-12(7-20-22)17(23)21-8-11-4-5-16(19)15(11)10-21/h1-3,6-7,9,11,15-16H,4-5,8,10,19H2. The van der Waals surface area contributed by atoms with Crippen molar-refractivity contribution in [1.82, 2.24) is 14.7 Å². The number of carbonyl (C=O) groups is 1. The molecule has 3 atom stereocenters. The predicted molar refractivity (Wildman–Crippen MR) is 91.4 cm³/mol. The summed E-state index contributed by atoms with van der Waals surface area (Å²) in [5.41, 5.74) is 7.72. The molecule has 0 bridgehead atoms. The van der Waals surface area contributed by atoms with E-state index in [1.807, 2.05) is 29.2 Å². The van der Waals surface area contributed by atoms with Gasteiger partial charge in [-0.25, -0.2) is 4.68 Å². The van der Waals surface area contributed by atoms with Crippen LogP contribution in [0.2, 0.25) is 0 Å². The van der Waals surface area contributed by atoms with Crippen LogP contribution in [0.4, 0.5) is 0 Å². The molecule has 1 aromatic carbocycles. The first-order valence-electron chi connectivity index (χ1n) is 7.97. The number of nitrogens with zero attached hydrogens (tertiary/aromatic N) is 3. The lowest BCUT2D eigenvalue weighted by Crippen LogP contribution is -2.33. The third kappa shape index (κ3) is 2.70. The monoisotopic (exact) mass is 374 g/mol. The Hall–Kier alpha value is -1.66. The molecule has 2 fully saturated rings. The maximum Gasteiger partial charge on any atom is 0.257 e. The maximum absolute atomic E-state index is 12.7. The zero-order chi connectivity index (χ0) is 16.0. The Morgan fingerprint density at radius 2 is 2.17 bits per heavy atom. The number of nitrogens with two attached hydrogens (primary N) is 1. The van der Waals surface area contributed by atoms with Crippen LogP contribution in [0.1, 0.15) is 23.2 Å². The molecule has 1 saturated heterocycles. The maximum atomic E-state index is 12.7. The molecule has 23 heavy (non-hydrogen) atoms. The van der Waals surface area contributed by atoms with Crippen LogP contribution < -0.4 is 5.73 Å². The van der Waals surface area contributed by atoms with E-state index < -0.39 is 0 Å². The van der Waals surface area contributed by atoms with Gasteiger partial charge in [0, 0.05) is 29.8 Å². The highest BCUT2D eigenvalue weighted by Gasteiger charge is 2.42. The topological polar surface area (TPSA) is 64.2 Å². The number of rotatable bonds is 2. The molecule has 1 amide bonds. The van der Waals surface area contributed by atoms with Gasteiger partial charge < -0.3 is 10.6 Å². The number of amides is 1. The number of hydrogen-bond acceptors (Lipinski definition) is 3. The van der Waals surface area contributed by atoms with Gasteiger partial charge in [0.05, 0.1) is 17.4 Å². The first kappa shape index (κ1) is 14.9. The highest BCUT2D eigenvalue weighted by molar-refractivity contribution is 9.10. The molecule has 2 aromatic rings. The summed E-state index contributed by atoms with van der Waals surface area (Å²) < 4.78 is 2.72. The normalized spacial score (nSPS) is 26.5. The van der Waals surface area contributed by atoms with Crippen LogP contribution in [0.25, 0.3) is 5.69 Å². The molecule has 2 aliphatic rings. The summed E-state index contributed by atoms with van der Waals surface area (Å²) in [5.74, 6) is 1.11. The molecule has 1 aliphatic heterocycles. The largest absolute Gasteiger partial charge is 0.338 e. The lowest BCUT2D eigenvalue weighted by atomic mass is 9.98. The SMILES string of the molecule is NC1CCC2CN(C(=O)c3cnn(-c4cccc(Br)c4)c3)CC12. The highest BCUT2D eigenvalue weighted by Crippen LogP contribution is 2.37. The van der Waals surface area contributed by atoms with Crippen molar-refractivity contribution in [2.45, 2.75) is 18.9 Å². The van der Waals surface area contributed by atoms with E-state index in [4.69, 9.17) is 5.73 Å². The molecule has 5 nitrogen and oxygen atoms in total. The molecule has 120 valence electrons. The predicted octanol–water partition coefficient (Wildman–Crippen LogP) is 2.44. The average molecular weight is 375 g/mol. The minimum atomic E-state index is 0.0628. The molecule has 0 radical (unpaired) electrons. The molecule has 2 heterocycles. The van der Waals surface area contributed by atoms with Gasteiger partial charge in [-0.2, -0.15) is 5.10 Å². The van der Waals surface area contributed by atoms with E-state index in [0.29, 0.717) is 17.4 Å². The Morgan fingerprint density at radius 3 is 2.96 bits per heavy atom. The van der Waals surface area contributed by atoms with Crippen molar-refractivity contribution in [2.75, 3.05) is 13.1 Å². The van der Waals surface area contributed by atoms with Crippen molar-refractivity contribution in [3.8, 4) is 5.69 Å². The van der Waals surface area contributed by atoms with Gasteiger partial charge in [0.1, 0.15) is 0 Å². The van der Waals surface area contributed by atoms with Crippen LogP contribution in [0, 0.1) is 11.8 Å². The second-order valence-corrected chi connectivity index (χ2v) is 7.44. The van der Waals surface area contributed by atoms with Gasteiger partial charge in [-0.05, 0) is 42.9 Å². The Kier molecular flexibility index (Phi) is 3.73. The number of fused-ring (bicyclic) bond motifs is 1. The zero-order valence-electron chi connectivity index (χ0n) is 12.7. The van der Waals surface area contributed by atoms with E-state index in [1.54, 1.807) is 17.1 Å². The quantitative estimate of drug-likeness (QED) is 0.877. The summed E-state index contributed by atoms with van der Waals surface area (Å²) in [6.45, 7) is 1.62. The Balaban J connectivity index is 1.52. The van der Waals surface area contributed by atoms with Crippen molar-refractivity contribution in [3.63, 3.8) is 0 Å². The second kappa shape index (κ2) is 5.76. The molecule has 6 heteroatoms. The molecular weight excluding hydrogens is 356 g/mol. The first-order valence-corrected chi connectivity index (χ1v) is 8.76. The van der Waals surface area contributed by atoms with E-state index >= 15 is 0 Å². The van der Waals surface area contributed by atoms with Crippen molar-refractivity contribution >= 4 is 21.8 Å². The number of likely N-dealkylation sites (tertiary alicyclic amines) is 1. The fourth-order valence-corrected chi connectivity index (χ4v) is 4.24.